The number of anilines is 1. The number of benzene rings is 3. The average Bonchev–Trinajstić information content (AvgIpc) is 2.86. The lowest BCUT2D eigenvalue weighted by Gasteiger charge is -2.13. The van der Waals surface area contributed by atoms with Crippen molar-refractivity contribution >= 4 is 39.4 Å². The molecule has 36 heavy (non-hydrogen) atoms. The second-order valence-corrected chi connectivity index (χ2v) is 9.36. The number of halogens is 1. The van der Waals surface area contributed by atoms with Crippen LogP contribution in [-0.4, -0.2) is 28.0 Å². The molecular weight excluding hydrogens is 504 g/mol. The van der Waals surface area contributed by atoms with E-state index in [2.05, 4.69) is 5.32 Å². The summed E-state index contributed by atoms with van der Waals surface area (Å²) in [6.45, 7) is 3.73. The third-order valence-electron chi connectivity index (χ3n) is 4.95. The summed E-state index contributed by atoms with van der Waals surface area (Å²) in [5.74, 6) is -0.0568. The largest absolute Gasteiger partial charge is 0.497 e. The number of hydrogen-bond donors (Lipinski definition) is 1. The van der Waals surface area contributed by atoms with Gasteiger partial charge in [0, 0.05) is 0 Å². The molecule has 0 saturated carbocycles. The van der Waals surface area contributed by atoms with Gasteiger partial charge in [0.25, 0.3) is 5.91 Å². The van der Waals surface area contributed by atoms with Gasteiger partial charge in [-0.3, -0.25) is 4.79 Å². The zero-order valence-electron chi connectivity index (χ0n) is 19.7. The lowest BCUT2D eigenvalue weighted by Crippen LogP contribution is -2.14. The number of aryl methyl sites for hydroxylation is 1. The van der Waals surface area contributed by atoms with Gasteiger partial charge < -0.3 is 19.0 Å². The molecule has 0 saturated heterocycles. The molecule has 8 nitrogen and oxygen atoms in total. The molecule has 3 aromatic carbocycles. The first kappa shape index (κ1) is 26.6. The predicted molar refractivity (Wildman–Crippen MR) is 137 cm³/mol. The van der Waals surface area contributed by atoms with Crippen molar-refractivity contribution in [1.29, 1.82) is 5.26 Å². The molecule has 0 aromatic heterocycles. The Morgan fingerprint density at radius 3 is 2.44 bits per heavy atom. The second kappa shape index (κ2) is 11.6. The van der Waals surface area contributed by atoms with Gasteiger partial charge in [-0.25, -0.2) is 0 Å². The molecule has 186 valence electrons. The maximum atomic E-state index is 12.7. The van der Waals surface area contributed by atoms with Gasteiger partial charge in [-0.2, -0.15) is 13.7 Å². The Balaban J connectivity index is 1.89. The maximum Gasteiger partial charge on any atom is 0.339 e. The molecule has 0 atom stereocenters. The summed E-state index contributed by atoms with van der Waals surface area (Å²) in [5, 5.41) is 12.6. The molecule has 1 amide bonds. The first-order chi connectivity index (χ1) is 17.2. The first-order valence-corrected chi connectivity index (χ1v) is 12.5. The number of nitrogens with one attached hydrogen (secondary N) is 1. The molecule has 0 fully saturated rings. The molecule has 0 aliphatic carbocycles. The van der Waals surface area contributed by atoms with Crippen LogP contribution in [0.3, 0.4) is 0 Å². The average molecular weight is 527 g/mol. The van der Waals surface area contributed by atoms with Gasteiger partial charge in [-0.1, -0.05) is 29.8 Å². The summed E-state index contributed by atoms with van der Waals surface area (Å²) in [6, 6.07) is 17.2. The maximum absolute atomic E-state index is 12.7. The standard InChI is InChI=1S/C26H23ClN2O6S/c1-4-34-24-15-18(14-19(16-28)26(30)29-25-17(2)6-5-7-22(25)27)8-13-23(24)35-36(31,32)21-11-9-20(33-3)10-12-21/h5-15H,4H2,1-3H3,(H,29,30)/b19-14+. The van der Waals surface area contributed by atoms with E-state index in [1.165, 1.54) is 55.7 Å². The van der Waals surface area contributed by atoms with Crippen LogP contribution >= 0.6 is 11.6 Å². The monoisotopic (exact) mass is 526 g/mol. The summed E-state index contributed by atoms with van der Waals surface area (Å²) >= 11 is 6.16. The van der Waals surface area contributed by atoms with Gasteiger partial charge in [0.2, 0.25) is 0 Å². The van der Waals surface area contributed by atoms with Crippen LogP contribution in [0.2, 0.25) is 5.02 Å². The summed E-state index contributed by atoms with van der Waals surface area (Å²) < 4.78 is 41.4. The smallest absolute Gasteiger partial charge is 0.339 e. The van der Waals surface area contributed by atoms with Crippen molar-refractivity contribution in [1.82, 2.24) is 0 Å². The van der Waals surface area contributed by atoms with Gasteiger partial charge in [-0.05, 0) is 73.5 Å². The van der Waals surface area contributed by atoms with Crippen molar-refractivity contribution in [3.05, 3.63) is 82.4 Å². The molecule has 0 aliphatic heterocycles. The van der Waals surface area contributed by atoms with E-state index in [0.717, 1.165) is 5.56 Å². The minimum absolute atomic E-state index is 0.0422. The fourth-order valence-electron chi connectivity index (χ4n) is 3.15. The van der Waals surface area contributed by atoms with Gasteiger partial charge in [0.15, 0.2) is 11.5 Å². The number of amides is 1. The number of carbonyl (C=O) groups excluding carboxylic acids is 1. The van der Waals surface area contributed by atoms with E-state index >= 15 is 0 Å². The van der Waals surface area contributed by atoms with Crippen LogP contribution in [0.1, 0.15) is 18.1 Å². The van der Waals surface area contributed by atoms with E-state index in [0.29, 0.717) is 22.0 Å². The molecule has 10 heteroatoms. The Morgan fingerprint density at radius 2 is 1.83 bits per heavy atom. The van der Waals surface area contributed by atoms with Crippen molar-refractivity contribution in [2.24, 2.45) is 0 Å². The number of ether oxygens (including phenoxy) is 2. The molecule has 0 unspecified atom stereocenters. The number of carbonyl (C=O) groups is 1. The van der Waals surface area contributed by atoms with E-state index in [9.17, 15) is 18.5 Å². The number of nitriles is 1. The summed E-state index contributed by atoms with van der Waals surface area (Å²) in [7, 11) is -2.68. The molecule has 3 rings (SSSR count). The highest BCUT2D eigenvalue weighted by Crippen LogP contribution is 2.32. The summed E-state index contributed by atoms with van der Waals surface area (Å²) in [4.78, 5) is 12.7. The topological polar surface area (TPSA) is 115 Å². The third kappa shape index (κ3) is 6.36. The number of para-hydroxylation sites is 1. The van der Waals surface area contributed by atoms with Crippen molar-refractivity contribution in [3.63, 3.8) is 0 Å². The zero-order chi connectivity index (χ0) is 26.3. The van der Waals surface area contributed by atoms with Crippen LogP contribution in [-0.2, 0) is 14.9 Å². The van der Waals surface area contributed by atoms with Crippen LogP contribution in [0, 0.1) is 18.3 Å². The summed E-state index contributed by atoms with van der Waals surface area (Å²) in [6.07, 6.45) is 1.35. The Hall–Kier alpha value is -4.00. The Bertz CT molecular complexity index is 1420. The SMILES string of the molecule is CCOc1cc(/C=C(\C#N)C(=O)Nc2c(C)cccc2Cl)ccc1OS(=O)(=O)c1ccc(OC)cc1. The summed E-state index contributed by atoms with van der Waals surface area (Å²) in [5.41, 5.74) is 1.39. The van der Waals surface area contributed by atoms with Crippen molar-refractivity contribution in [3.8, 4) is 23.3 Å². The fraction of sp³-hybridized carbons (Fsp3) is 0.154. The number of methoxy groups -OCH3 is 1. The molecule has 3 aromatic rings. The quantitative estimate of drug-likeness (QED) is 0.226. The van der Waals surface area contributed by atoms with Gasteiger partial charge in [0.05, 0.1) is 24.4 Å². The van der Waals surface area contributed by atoms with E-state index in [-0.39, 0.29) is 28.6 Å². The van der Waals surface area contributed by atoms with Crippen molar-refractivity contribution in [2.45, 2.75) is 18.7 Å². The minimum Gasteiger partial charge on any atom is -0.497 e. The molecule has 0 heterocycles. The van der Waals surface area contributed by atoms with E-state index in [1.54, 1.807) is 32.0 Å². The second-order valence-electron chi connectivity index (χ2n) is 7.41. The normalized spacial score (nSPS) is 11.4. The molecule has 1 N–H and O–H groups in total. The van der Waals surface area contributed by atoms with Crippen LogP contribution in [0.15, 0.2) is 71.1 Å². The van der Waals surface area contributed by atoms with Gasteiger partial charge in [-0.15, -0.1) is 0 Å². The third-order valence-corrected chi connectivity index (χ3v) is 6.52. The predicted octanol–water partition coefficient (Wildman–Crippen LogP) is 5.37. The highest BCUT2D eigenvalue weighted by atomic mass is 35.5. The van der Waals surface area contributed by atoms with Crippen LogP contribution in [0.25, 0.3) is 6.08 Å². The Labute approximate surface area is 214 Å². The van der Waals surface area contributed by atoms with Crippen molar-refractivity contribution < 1.29 is 26.9 Å². The van der Waals surface area contributed by atoms with E-state index in [4.69, 9.17) is 25.3 Å². The Morgan fingerprint density at radius 1 is 1.11 bits per heavy atom. The number of nitrogens with zero attached hydrogens (tertiary/aromatic N) is 1. The lowest BCUT2D eigenvalue weighted by atomic mass is 10.1. The molecule has 0 radical (unpaired) electrons. The first-order valence-electron chi connectivity index (χ1n) is 10.7. The fourth-order valence-corrected chi connectivity index (χ4v) is 4.36. The highest BCUT2D eigenvalue weighted by Gasteiger charge is 2.20. The highest BCUT2D eigenvalue weighted by molar-refractivity contribution is 7.87. The molecular formula is C26H23ClN2O6S. The van der Waals surface area contributed by atoms with Gasteiger partial charge in [0.1, 0.15) is 22.3 Å². The van der Waals surface area contributed by atoms with Gasteiger partial charge >= 0.3 is 10.1 Å². The Kier molecular flexibility index (Phi) is 8.59. The van der Waals surface area contributed by atoms with E-state index < -0.39 is 16.0 Å². The van der Waals surface area contributed by atoms with E-state index in [1.807, 2.05) is 6.07 Å². The molecule has 0 bridgehead atoms. The number of rotatable bonds is 9. The minimum atomic E-state index is -4.16. The zero-order valence-corrected chi connectivity index (χ0v) is 21.3. The van der Waals surface area contributed by atoms with Crippen LogP contribution in [0.5, 0.6) is 17.2 Å². The van der Waals surface area contributed by atoms with Crippen LogP contribution in [0.4, 0.5) is 5.69 Å². The number of hydrogen-bond acceptors (Lipinski definition) is 7. The molecule has 0 aliphatic rings. The molecule has 0 spiro atoms. The van der Waals surface area contributed by atoms with Crippen molar-refractivity contribution in [2.75, 3.05) is 19.0 Å². The van der Waals surface area contributed by atoms with Crippen LogP contribution < -0.4 is 19.0 Å². The lowest BCUT2D eigenvalue weighted by molar-refractivity contribution is -0.112.